The van der Waals surface area contributed by atoms with Gasteiger partial charge in [0.1, 0.15) is 16.5 Å². The molecule has 27 heavy (non-hydrogen) atoms. The second kappa shape index (κ2) is 8.64. The molecule has 6 nitrogen and oxygen atoms in total. The van der Waals surface area contributed by atoms with Crippen molar-refractivity contribution in [1.29, 1.82) is 0 Å². The van der Waals surface area contributed by atoms with Gasteiger partial charge >= 0.3 is 0 Å². The summed E-state index contributed by atoms with van der Waals surface area (Å²) in [6.45, 7) is 3.91. The normalized spacial score (nSPS) is 11.7. The minimum Gasteiger partial charge on any atom is -0.497 e. The molecule has 0 aliphatic carbocycles. The zero-order valence-corrected chi connectivity index (χ0v) is 16.2. The van der Waals surface area contributed by atoms with Gasteiger partial charge in [0.05, 0.1) is 7.11 Å². The summed E-state index contributed by atoms with van der Waals surface area (Å²) in [5, 5.41) is 12.2. The molecule has 0 aliphatic heterocycles. The Kier molecular flexibility index (Phi) is 6.03. The first-order valence-electron chi connectivity index (χ1n) is 8.61. The molecule has 0 saturated carbocycles. The molecule has 3 aromatic rings. The summed E-state index contributed by atoms with van der Waals surface area (Å²) in [6.07, 6.45) is -0.0508. The molecule has 0 fully saturated rings. The second-order valence-corrected chi connectivity index (χ2v) is 6.94. The third-order valence-corrected chi connectivity index (χ3v) is 4.84. The number of nitrogens with zero attached hydrogens (tertiary/aromatic N) is 2. The number of carbonyl (C=O) groups is 1. The van der Waals surface area contributed by atoms with Gasteiger partial charge < -0.3 is 9.47 Å². The van der Waals surface area contributed by atoms with Crippen molar-refractivity contribution in [1.82, 2.24) is 10.2 Å². The number of aromatic nitrogens is 2. The van der Waals surface area contributed by atoms with Gasteiger partial charge in [0.25, 0.3) is 5.91 Å². The van der Waals surface area contributed by atoms with E-state index in [0.29, 0.717) is 17.3 Å². The van der Waals surface area contributed by atoms with E-state index in [4.69, 9.17) is 9.47 Å². The third-order valence-electron chi connectivity index (χ3n) is 3.95. The first kappa shape index (κ1) is 18.8. The Morgan fingerprint density at radius 2 is 1.74 bits per heavy atom. The van der Waals surface area contributed by atoms with Crippen LogP contribution >= 0.6 is 11.3 Å². The summed E-state index contributed by atoms with van der Waals surface area (Å²) in [5.74, 6) is 1.20. The van der Waals surface area contributed by atoms with E-state index < -0.39 is 6.10 Å². The first-order valence-corrected chi connectivity index (χ1v) is 9.43. The van der Waals surface area contributed by atoms with Crippen molar-refractivity contribution in [3.05, 3.63) is 54.1 Å². The molecule has 1 heterocycles. The fourth-order valence-corrected chi connectivity index (χ4v) is 3.17. The van der Waals surface area contributed by atoms with Gasteiger partial charge in [-0.3, -0.25) is 10.1 Å². The summed E-state index contributed by atoms with van der Waals surface area (Å²) >= 11 is 1.31. The summed E-state index contributed by atoms with van der Waals surface area (Å²) in [5.41, 5.74) is 2.05. The number of anilines is 1. The summed E-state index contributed by atoms with van der Waals surface area (Å²) in [7, 11) is 1.62. The van der Waals surface area contributed by atoms with Crippen LogP contribution in [0, 0.1) is 6.92 Å². The smallest absolute Gasteiger partial charge is 0.267 e. The molecule has 0 unspecified atom stereocenters. The van der Waals surface area contributed by atoms with Crippen LogP contribution < -0.4 is 14.8 Å². The molecule has 0 spiro atoms. The molecule has 1 atom stereocenters. The Hall–Kier alpha value is -2.93. The van der Waals surface area contributed by atoms with E-state index in [1.807, 2.05) is 62.4 Å². The number of nitrogens with one attached hydrogen (secondary N) is 1. The number of aryl methyl sites for hydroxylation is 1. The standard InChI is InChI=1S/C20H21N3O3S/c1-4-17(26-16-9-5-13(2)6-10-16)18(24)21-20-23-22-19(27-20)14-7-11-15(25-3)12-8-14/h5-12,17H,4H2,1-3H3,(H,21,23,24)/t17-/m1/s1. The number of carbonyl (C=O) groups excluding carboxylic acids is 1. The fourth-order valence-electron chi connectivity index (χ4n) is 2.41. The minimum atomic E-state index is -0.596. The Bertz CT molecular complexity index is 892. The highest BCUT2D eigenvalue weighted by atomic mass is 32.1. The largest absolute Gasteiger partial charge is 0.497 e. The van der Waals surface area contributed by atoms with Crippen LogP contribution in [0.3, 0.4) is 0 Å². The maximum atomic E-state index is 12.5. The molecule has 3 rings (SSSR count). The second-order valence-electron chi connectivity index (χ2n) is 5.96. The number of benzene rings is 2. The number of rotatable bonds is 7. The Morgan fingerprint density at radius 3 is 2.37 bits per heavy atom. The number of ether oxygens (including phenoxy) is 2. The predicted octanol–water partition coefficient (Wildman–Crippen LogP) is 4.32. The molecule has 1 N–H and O–H groups in total. The monoisotopic (exact) mass is 383 g/mol. The number of hydrogen-bond donors (Lipinski definition) is 1. The lowest BCUT2D eigenvalue weighted by atomic mass is 10.2. The highest BCUT2D eigenvalue weighted by molar-refractivity contribution is 7.18. The van der Waals surface area contributed by atoms with E-state index in [-0.39, 0.29) is 5.91 Å². The SMILES string of the molecule is CC[C@@H](Oc1ccc(C)cc1)C(=O)Nc1nnc(-c2ccc(OC)cc2)s1. The van der Waals surface area contributed by atoms with Gasteiger partial charge in [0, 0.05) is 5.56 Å². The van der Waals surface area contributed by atoms with E-state index in [1.54, 1.807) is 7.11 Å². The Labute approximate surface area is 162 Å². The predicted molar refractivity (Wildman–Crippen MR) is 106 cm³/mol. The van der Waals surface area contributed by atoms with Crippen molar-refractivity contribution in [3.8, 4) is 22.1 Å². The van der Waals surface area contributed by atoms with Gasteiger partial charge in [-0.1, -0.05) is 36.0 Å². The van der Waals surface area contributed by atoms with Gasteiger partial charge in [-0.25, -0.2) is 0 Å². The molecule has 140 valence electrons. The van der Waals surface area contributed by atoms with Gasteiger partial charge in [0.2, 0.25) is 5.13 Å². The highest BCUT2D eigenvalue weighted by Crippen LogP contribution is 2.28. The zero-order chi connectivity index (χ0) is 19.2. The molecule has 0 aliphatic rings. The van der Waals surface area contributed by atoms with Crippen LogP contribution in [-0.2, 0) is 4.79 Å². The van der Waals surface area contributed by atoms with Crippen LogP contribution in [-0.4, -0.2) is 29.3 Å². The molecule has 1 amide bonds. The van der Waals surface area contributed by atoms with E-state index >= 15 is 0 Å². The van der Waals surface area contributed by atoms with Crippen LogP contribution in [0.2, 0.25) is 0 Å². The van der Waals surface area contributed by atoms with E-state index in [2.05, 4.69) is 15.5 Å². The average molecular weight is 383 g/mol. The number of methoxy groups -OCH3 is 1. The maximum absolute atomic E-state index is 12.5. The van der Waals surface area contributed by atoms with Crippen LogP contribution in [0.25, 0.3) is 10.6 Å². The van der Waals surface area contributed by atoms with E-state index in [1.165, 1.54) is 11.3 Å². The topological polar surface area (TPSA) is 73.3 Å². The molecule has 0 bridgehead atoms. The van der Waals surface area contributed by atoms with Crippen LogP contribution in [0.15, 0.2) is 48.5 Å². The number of amides is 1. The van der Waals surface area contributed by atoms with Crippen molar-refractivity contribution >= 4 is 22.4 Å². The van der Waals surface area contributed by atoms with Crippen molar-refractivity contribution in [2.45, 2.75) is 26.4 Å². The highest BCUT2D eigenvalue weighted by Gasteiger charge is 2.20. The fraction of sp³-hybridized carbons (Fsp3) is 0.250. The van der Waals surface area contributed by atoms with Crippen molar-refractivity contribution in [2.24, 2.45) is 0 Å². The molecule has 0 radical (unpaired) electrons. The van der Waals surface area contributed by atoms with E-state index in [9.17, 15) is 4.79 Å². The van der Waals surface area contributed by atoms with Crippen LogP contribution in [0.4, 0.5) is 5.13 Å². The molecule has 1 aromatic heterocycles. The lowest BCUT2D eigenvalue weighted by molar-refractivity contribution is -0.122. The lowest BCUT2D eigenvalue weighted by Gasteiger charge is -2.16. The van der Waals surface area contributed by atoms with Crippen LogP contribution in [0.5, 0.6) is 11.5 Å². The quantitative estimate of drug-likeness (QED) is 0.658. The van der Waals surface area contributed by atoms with Crippen molar-refractivity contribution in [2.75, 3.05) is 12.4 Å². The molecule has 0 saturated heterocycles. The van der Waals surface area contributed by atoms with Gasteiger partial charge in [-0.15, -0.1) is 10.2 Å². The maximum Gasteiger partial charge on any atom is 0.267 e. The summed E-state index contributed by atoms with van der Waals surface area (Å²) < 4.78 is 11.0. The number of hydrogen-bond acceptors (Lipinski definition) is 6. The minimum absolute atomic E-state index is 0.240. The van der Waals surface area contributed by atoms with Crippen LogP contribution in [0.1, 0.15) is 18.9 Å². The Morgan fingerprint density at radius 1 is 1.07 bits per heavy atom. The molecule has 7 heteroatoms. The molecule has 2 aromatic carbocycles. The summed E-state index contributed by atoms with van der Waals surface area (Å²) in [6, 6.07) is 15.1. The lowest BCUT2D eigenvalue weighted by Crippen LogP contribution is -2.32. The molecular weight excluding hydrogens is 362 g/mol. The Balaban J connectivity index is 1.65. The van der Waals surface area contributed by atoms with E-state index in [0.717, 1.165) is 21.9 Å². The van der Waals surface area contributed by atoms with Gasteiger partial charge in [0.15, 0.2) is 6.10 Å². The first-order chi connectivity index (χ1) is 13.1. The third kappa shape index (κ3) is 4.83. The molecular formula is C20H21N3O3S. The van der Waals surface area contributed by atoms with Gasteiger partial charge in [-0.2, -0.15) is 0 Å². The van der Waals surface area contributed by atoms with Crippen molar-refractivity contribution < 1.29 is 14.3 Å². The van der Waals surface area contributed by atoms with Gasteiger partial charge in [-0.05, 0) is 49.7 Å². The summed E-state index contributed by atoms with van der Waals surface area (Å²) in [4.78, 5) is 12.5. The average Bonchev–Trinajstić information content (AvgIpc) is 3.16. The van der Waals surface area contributed by atoms with Crippen molar-refractivity contribution in [3.63, 3.8) is 0 Å². The zero-order valence-electron chi connectivity index (χ0n) is 15.4.